The van der Waals surface area contributed by atoms with E-state index < -0.39 is 57.9 Å². The Bertz CT molecular complexity index is 1070. The summed E-state index contributed by atoms with van der Waals surface area (Å²) >= 11 is 0. The third kappa shape index (κ3) is 3.71. The molecule has 1 N–H and O–H groups in total. The quantitative estimate of drug-likeness (QED) is 0.446. The standard InChI is InChI=1S/C16H14F4O5S2/c1-3-8(2)9-4-6-10(7-5-9)26(21,22)15-11(17)13(19)16(27(23,24)25)14(20)12(15)18/h4-8H,3H2,1-2H3,(H,23,24,25). The molecule has 1 unspecified atom stereocenters. The SMILES string of the molecule is CCC(C)c1ccc(S(=O)(=O)c2c(F)c(F)c(S(=O)(=O)O)c(F)c2F)cc1. The normalized spacial score (nSPS) is 13.6. The lowest BCUT2D eigenvalue weighted by Gasteiger charge is -2.13. The molecule has 0 aliphatic heterocycles. The Morgan fingerprint density at radius 2 is 1.26 bits per heavy atom. The lowest BCUT2D eigenvalue weighted by molar-refractivity contribution is 0.380. The molecule has 0 spiro atoms. The molecule has 2 aromatic carbocycles. The Hall–Kier alpha value is -1.98. The van der Waals surface area contributed by atoms with Gasteiger partial charge in [0.25, 0.3) is 0 Å². The van der Waals surface area contributed by atoms with Gasteiger partial charge in [-0.05, 0) is 30.0 Å². The number of benzene rings is 2. The highest BCUT2D eigenvalue weighted by atomic mass is 32.2. The molecule has 0 aliphatic carbocycles. The van der Waals surface area contributed by atoms with Crippen molar-refractivity contribution in [2.24, 2.45) is 0 Å². The van der Waals surface area contributed by atoms with E-state index >= 15 is 0 Å². The minimum absolute atomic E-state index is 0.0687. The summed E-state index contributed by atoms with van der Waals surface area (Å²) in [5, 5.41) is 0. The molecule has 5 nitrogen and oxygen atoms in total. The van der Waals surface area contributed by atoms with E-state index in [9.17, 15) is 34.4 Å². The van der Waals surface area contributed by atoms with Crippen molar-refractivity contribution in [2.45, 2.75) is 40.9 Å². The molecule has 0 amide bonds. The summed E-state index contributed by atoms with van der Waals surface area (Å²) in [5.74, 6) is -9.91. The van der Waals surface area contributed by atoms with Crippen LogP contribution < -0.4 is 0 Å². The van der Waals surface area contributed by atoms with Crippen molar-refractivity contribution < 1.29 is 39.0 Å². The number of hydrogen-bond acceptors (Lipinski definition) is 4. The second-order valence-corrected chi connectivity index (χ2v) is 9.02. The van der Waals surface area contributed by atoms with Crippen LogP contribution in [0.1, 0.15) is 31.7 Å². The maximum atomic E-state index is 14.1. The predicted octanol–water partition coefficient (Wildman–Crippen LogP) is 3.84. The molecule has 0 fully saturated rings. The zero-order chi connectivity index (χ0) is 20.7. The lowest BCUT2D eigenvalue weighted by atomic mass is 9.99. The summed E-state index contributed by atoms with van der Waals surface area (Å²) in [7, 11) is -10.7. The van der Waals surface area contributed by atoms with Gasteiger partial charge in [-0.3, -0.25) is 4.55 Å². The van der Waals surface area contributed by atoms with Gasteiger partial charge >= 0.3 is 10.1 Å². The molecule has 0 saturated carbocycles. The van der Waals surface area contributed by atoms with Crippen LogP contribution in [0.3, 0.4) is 0 Å². The van der Waals surface area contributed by atoms with Crippen LogP contribution in [0, 0.1) is 23.3 Å². The van der Waals surface area contributed by atoms with Crippen LogP contribution in [0.4, 0.5) is 17.6 Å². The first-order chi connectivity index (χ1) is 12.3. The molecule has 0 heterocycles. The van der Waals surface area contributed by atoms with Crippen LogP contribution in [0.15, 0.2) is 39.0 Å². The van der Waals surface area contributed by atoms with E-state index in [2.05, 4.69) is 0 Å². The van der Waals surface area contributed by atoms with Crippen molar-refractivity contribution in [1.82, 2.24) is 0 Å². The average Bonchev–Trinajstić information content (AvgIpc) is 2.58. The van der Waals surface area contributed by atoms with Gasteiger partial charge in [0.1, 0.15) is 4.90 Å². The first kappa shape index (κ1) is 21.3. The summed E-state index contributed by atoms with van der Waals surface area (Å²) in [6, 6.07) is 4.80. The van der Waals surface area contributed by atoms with Crippen LogP contribution in [0.2, 0.25) is 0 Å². The summed E-state index contributed by atoms with van der Waals surface area (Å²) in [4.78, 5) is -4.93. The Labute approximate surface area is 153 Å². The molecule has 148 valence electrons. The lowest BCUT2D eigenvalue weighted by Crippen LogP contribution is -2.16. The van der Waals surface area contributed by atoms with Gasteiger partial charge in [0.15, 0.2) is 28.2 Å². The summed E-state index contributed by atoms with van der Waals surface area (Å²) in [5.41, 5.74) is 0.733. The fourth-order valence-electron chi connectivity index (χ4n) is 2.38. The zero-order valence-corrected chi connectivity index (χ0v) is 15.6. The zero-order valence-electron chi connectivity index (χ0n) is 14.0. The van der Waals surface area contributed by atoms with Crippen LogP contribution in [-0.2, 0) is 20.0 Å². The Balaban J connectivity index is 2.74. The highest BCUT2D eigenvalue weighted by Crippen LogP contribution is 2.34. The first-order valence-electron chi connectivity index (χ1n) is 7.52. The number of rotatable bonds is 5. The van der Waals surface area contributed by atoms with Gasteiger partial charge in [0.05, 0.1) is 4.90 Å². The van der Waals surface area contributed by atoms with E-state index in [0.29, 0.717) is 0 Å². The molecule has 11 heteroatoms. The number of sulfone groups is 1. The third-order valence-electron chi connectivity index (χ3n) is 4.08. The largest absolute Gasteiger partial charge is 0.300 e. The molecule has 1 atom stereocenters. The van der Waals surface area contributed by atoms with E-state index in [-0.39, 0.29) is 5.92 Å². The molecule has 0 radical (unpaired) electrons. The average molecular weight is 426 g/mol. The Morgan fingerprint density at radius 3 is 1.63 bits per heavy atom. The maximum Gasteiger partial charge on any atom is 0.300 e. The third-order valence-corrected chi connectivity index (χ3v) is 6.74. The van der Waals surface area contributed by atoms with Crippen LogP contribution in [0.25, 0.3) is 0 Å². The van der Waals surface area contributed by atoms with E-state index in [1.807, 2.05) is 13.8 Å². The van der Waals surface area contributed by atoms with E-state index in [4.69, 9.17) is 4.55 Å². The van der Waals surface area contributed by atoms with Gasteiger partial charge in [-0.1, -0.05) is 26.0 Å². The predicted molar refractivity (Wildman–Crippen MR) is 86.7 cm³/mol. The monoisotopic (exact) mass is 426 g/mol. The van der Waals surface area contributed by atoms with Gasteiger partial charge < -0.3 is 0 Å². The van der Waals surface area contributed by atoms with E-state index in [0.717, 1.165) is 24.1 Å². The van der Waals surface area contributed by atoms with Crippen molar-refractivity contribution >= 4 is 20.0 Å². The van der Waals surface area contributed by atoms with Crippen molar-refractivity contribution in [2.75, 3.05) is 0 Å². The minimum atomic E-state index is -5.68. The highest BCUT2D eigenvalue weighted by Gasteiger charge is 2.37. The molecule has 27 heavy (non-hydrogen) atoms. The molecular formula is C16H14F4O5S2. The van der Waals surface area contributed by atoms with Gasteiger partial charge in [-0.25, -0.2) is 26.0 Å². The van der Waals surface area contributed by atoms with E-state index in [1.54, 1.807) is 0 Å². The van der Waals surface area contributed by atoms with Crippen molar-refractivity contribution in [3.63, 3.8) is 0 Å². The molecule has 0 bridgehead atoms. The minimum Gasteiger partial charge on any atom is -0.282 e. The molecule has 2 rings (SSSR count). The molecule has 0 aliphatic rings. The van der Waals surface area contributed by atoms with Crippen molar-refractivity contribution in [3.05, 3.63) is 53.1 Å². The van der Waals surface area contributed by atoms with Gasteiger partial charge in [0, 0.05) is 0 Å². The summed E-state index contributed by atoms with van der Waals surface area (Å²) in [6.45, 7) is 3.75. The molecule has 2 aromatic rings. The van der Waals surface area contributed by atoms with Crippen LogP contribution in [0.5, 0.6) is 0 Å². The second kappa shape index (κ2) is 7.21. The van der Waals surface area contributed by atoms with Crippen LogP contribution in [-0.4, -0.2) is 21.4 Å². The van der Waals surface area contributed by atoms with E-state index in [1.165, 1.54) is 12.1 Å². The molecule has 0 aromatic heterocycles. The maximum absolute atomic E-state index is 14.1. The van der Waals surface area contributed by atoms with Gasteiger partial charge in [-0.15, -0.1) is 0 Å². The van der Waals surface area contributed by atoms with Crippen molar-refractivity contribution in [1.29, 1.82) is 0 Å². The highest BCUT2D eigenvalue weighted by molar-refractivity contribution is 7.91. The van der Waals surface area contributed by atoms with Crippen LogP contribution >= 0.6 is 0 Å². The second-order valence-electron chi connectivity index (χ2n) is 5.77. The first-order valence-corrected chi connectivity index (χ1v) is 10.4. The number of halogens is 4. The summed E-state index contributed by atoms with van der Waals surface area (Å²) < 4.78 is 112. The summed E-state index contributed by atoms with van der Waals surface area (Å²) in [6.07, 6.45) is 0.739. The topological polar surface area (TPSA) is 88.5 Å². The Kier molecular flexibility index (Phi) is 5.69. The number of hydrogen-bond donors (Lipinski definition) is 1. The molecular weight excluding hydrogens is 412 g/mol. The fourth-order valence-corrected chi connectivity index (χ4v) is 4.40. The van der Waals surface area contributed by atoms with Gasteiger partial charge in [0.2, 0.25) is 9.84 Å². The molecule has 0 saturated heterocycles. The fraction of sp³-hybridized carbons (Fsp3) is 0.250. The smallest absolute Gasteiger partial charge is 0.282 e. The van der Waals surface area contributed by atoms with Gasteiger partial charge in [-0.2, -0.15) is 8.42 Å². The van der Waals surface area contributed by atoms with Crippen molar-refractivity contribution in [3.8, 4) is 0 Å². The Morgan fingerprint density at radius 1 is 0.852 bits per heavy atom.